The molecule has 164 valence electrons. The second-order valence-electron chi connectivity index (χ2n) is 10.9. The molecule has 11 atom stereocenters. The first-order chi connectivity index (χ1) is 13.8. The average molecular weight is 420 g/mol. The van der Waals surface area contributed by atoms with E-state index in [1.807, 2.05) is 13.8 Å². The molecule has 0 unspecified atom stereocenters. The lowest BCUT2D eigenvalue weighted by Crippen LogP contribution is -2.68. The Balaban J connectivity index is 1.63. The van der Waals surface area contributed by atoms with Crippen LogP contribution in [0.1, 0.15) is 27.7 Å². The molecule has 30 heavy (non-hydrogen) atoms. The quantitative estimate of drug-likeness (QED) is 0.345. The van der Waals surface area contributed by atoms with E-state index in [-0.39, 0.29) is 5.78 Å². The number of Topliss-reactive ketones (excluding diaryl/α,β-unsaturated/α-hetero) is 1. The van der Waals surface area contributed by atoms with E-state index in [1.54, 1.807) is 32.1 Å². The van der Waals surface area contributed by atoms with Crippen molar-refractivity contribution in [3.63, 3.8) is 0 Å². The van der Waals surface area contributed by atoms with Crippen LogP contribution in [0.4, 0.5) is 0 Å². The van der Waals surface area contributed by atoms with Gasteiger partial charge >= 0.3 is 0 Å². The highest BCUT2D eigenvalue weighted by molar-refractivity contribution is 6.03. The van der Waals surface area contributed by atoms with Crippen molar-refractivity contribution in [2.75, 3.05) is 0 Å². The summed E-state index contributed by atoms with van der Waals surface area (Å²) in [7, 11) is 0. The lowest BCUT2D eigenvalue weighted by Gasteiger charge is -2.56. The van der Waals surface area contributed by atoms with Crippen LogP contribution in [0.15, 0.2) is 23.8 Å². The fourth-order valence-corrected chi connectivity index (χ4v) is 6.90. The summed E-state index contributed by atoms with van der Waals surface area (Å²) in [6.07, 6.45) is 0.494. The van der Waals surface area contributed by atoms with E-state index < -0.39 is 76.8 Å². The van der Waals surface area contributed by atoms with Crippen molar-refractivity contribution >= 4 is 5.78 Å². The molecule has 4 N–H and O–H groups in total. The highest BCUT2D eigenvalue weighted by Gasteiger charge is 2.84. The van der Waals surface area contributed by atoms with Crippen LogP contribution in [0, 0.1) is 23.2 Å². The van der Waals surface area contributed by atoms with Gasteiger partial charge in [0.15, 0.2) is 5.78 Å². The van der Waals surface area contributed by atoms with Crippen LogP contribution in [0.25, 0.3) is 0 Å². The highest BCUT2D eigenvalue weighted by atomic mass is 16.7. The number of aliphatic hydroxyl groups excluding tert-OH is 2. The number of fused-ring (bicyclic) bond motifs is 5. The number of rotatable bonds is 2. The molecule has 0 spiro atoms. The van der Waals surface area contributed by atoms with Crippen LogP contribution in [0.5, 0.6) is 0 Å². The summed E-state index contributed by atoms with van der Waals surface area (Å²) >= 11 is 0. The maximum absolute atomic E-state index is 13.0. The van der Waals surface area contributed by atoms with Gasteiger partial charge in [0.25, 0.3) is 0 Å². The van der Waals surface area contributed by atoms with E-state index in [2.05, 4.69) is 0 Å². The number of carbonyl (C=O) groups is 1. The molecule has 8 nitrogen and oxygen atoms in total. The largest absolute Gasteiger partial charge is 0.390 e. The van der Waals surface area contributed by atoms with Crippen molar-refractivity contribution in [1.29, 1.82) is 0 Å². The Hall–Kier alpha value is -1.13. The molecule has 3 aliphatic carbocycles. The second kappa shape index (κ2) is 5.26. The van der Waals surface area contributed by atoms with Gasteiger partial charge in [0.2, 0.25) is 5.79 Å². The Morgan fingerprint density at radius 2 is 1.83 bits per heavy atom. The molecule has 3 heterocycles. The number of ketones is 1. The average Bonchev–Trinajstić information content (AvgIpc) is 3.51. The first kappa shape index (κ1) is 19.5. The lowest BCUT2D eigenvalue weighted by atomic mass is 9.46. The normalized spacial score (nSPS) is 57.3. The van der Waals surface area contributed by atoms with Crippen molar-refractivity contribution in [2.24, 2.45) is 23.2 Å². The number of ether oxygens (including phenoxy) is 3. The van der Waals surface area contributed by atoms with E-state index in [0.29, 0.717) is 5.57 Å². The Bertz CT molecular complexity index is 901. The molecule has 6 rings (SSSR count). The first-order valence-electron chi connectivity index (χ1n) is 10.6. The van der Waals surface area contributed by atoms with Gasteiger partial charge in [0, 0.05) is 23.3 Å². The van der Waals surface area contributed by atoms with E-state index in [4.69, 9.17) is 14.2 Å². The monoisotopic (exact) mass is 420 g/mol. The summed E-state index contributed by atoms with van der Waals surface area (Å²) < 4.78 is 17.4. The molecular formula is C22H28O8. The predicted molar refractivity (Wildman–Crippen MR) is 101 cm³/mol. The van der Waals surface area contributed by atoms with Crippen LogP contribution < -0.4 is 0 Å². The summed E-state index contributed by atoms with van der Waals surface area (Å²) in [5.74, 6) is -3.92. The summed E-state index contributed by atoms with van der Waals surface area (Å²) in [6, 6.07) is 0. The lowest BCUT2D eigenvalue weighted by molar-refractivity contribution is -0.281. The van der Waals surface area contributed by atoms with Gasteiger partial charge in [-0.1, -0.05) is 18.2 Å². The minimum atomic E-state index is -1.77. The fourth-order valence-electron chi connectivity index (χ4n) is 6.90. The molecule has 0 aromatic rings. The van der Waals surface area contributed by atoms with E-state index in [1.165, 1.54) is 0 Å². The van der Waals surface area contributed by atoms with Crippen LogP contribution in [0.3, 0.4) is 0 Å². The second-order valence-corrected chi connectivity index (χ2v) is 10.9. The van der Waals surface area contributed by atoms with E-state index in [9.17, 15) is 25.2 Å². The smallest absolute Gasteiger partial charge is 0.205 e. The Morgan fingerprint density at radius 1 is 1.13 bits per heavy atom. The van der Waals surface area contributed by atoms with Crippen molar-refractivity contribution in [3.8, 4) is 0 Å². The molecule has 5 fully saturated rings. The summed E-state index contributed by atoms with van der Waals surface area (Å²) in [5, 5.41) is 44.7. The van der Waals surface area contributed by atoms with E-state index >= 15 is 0 Å². The van der Waals surface area contributed by atoms with Gasteiger partial charge in [-0.2, -0.15) is 0 Å². The van der Waals surface area contributed by atoms with Crippen molar-refractivity contribution in [3.05, 3.63) is 23.8 Å². The van der Waals surface area contributed by atoms with Gasteiger partial charge in [-0.05, 0) is 27.7 Å². The van der Waals surface area contributed by atoms with Gasteiger partial charge in [-0.25, -0.2) is 0 Å². The molecule has 0 radical (unpaired) electrons. The third kappa shape index (κ3) is 2.09. The summed E-state index contributed by atoms with van der Waals surface area (Å²) in [4.78, 5) is 13.0. The molecule has 3 aliphatic heterocycles. The molecule has 0 bridgehead atoms. The van der Waals surface area contributed by atoms with Gasteiger partial charge in [0.05, 0.1) is 28.8 Å². The molecule has 6 aliphatic rings. The van der Waals surface area contributed by atoms with E-state index in [0.717, 1.165) is 0 Å². The SMILES string of the molecule is CC(C)(O)C=C[C@@]12[C@H]3[C@@H](O)[C@@H]4O[C@@H]4[C@]1(O)OC(C)(C)[C@H]2C=C1C(=O)[C@H]2O[C@H]2[C@H](O)[C@H]13. The Labute approximate surface area is 174 Å². The Morgan fingerprint density at radius 3 is 2.50 bits per heavy atom. The van der Waals surface area contributed by atoms with Crippen molar-refractivity contribution in [1.82, 2.24) is 0 Å². The zero-order valence-corrected chi connectivity index (χ0v) is 17.4. The molecule has 2 saturated carbocycles. The number of epoxide rings is 2. The van der Waals surface area contributed by atoms with Gasteiger partial charge in [-0.3, -0.25) is 4.79 Å². The standard InChI is InChI=1S/C22H28O8/c1-19(2,26)5-6-21-9-7-8-10(13(24)16-15(28-16)12(8)23)11(21)14(25)17-18(29-17)22(21,27)30-20(9,3)4/h5-7,9-11,13-18,24-27H,1-4H3/t9-,10-,11-,13-,14-,15-,16+,17+,18+,21-,22+/m1/s1. The highest BCUT2D eigenvalue weighted by Crippen LogP contribution is 2.72. The third-order valence-corrected chi connectivity index (χ3v) is 8.10. The van der Waals surface area contributed by atoms with Gasteiger partial charge in [-0.15, -0.1) is 0 Å². The summed E-state index contributed by atoms with van der Waals surface area (Å²) in [5.41, 5.74) is -2.84. The number of aliphatic hydroxyl groups is 4. The van der Waals surface area contributed by atoms with Crippen LogP contribution in [0.2, 0.25) is 0 Å². The maximum Gasteiger partial charge on any atom is 0.205 e. The zero-order chi connectivity index (χ0) is 21.6. The Kier molecular flexibility index (Phi) is 3.43. The minimum absolute atomic E-state index is 0.173. The summed E-state index contributed by atoms with van der Waals surface area (Å²) in [6.45, 7) is 6.92. The molecule has 0 aromatic carbocycles. The van der Waals surface area contributed by atoms with Crippen LogP contribution in [-0.2, 0) is 19.0 Å². The minimum Gasteiger partial charge on any atom is -0.390 e. The van der Waals surface area contributed by atoms with Crippen LogP contribution >= 0.6 is 0 Å². The number of carbonyl (C=O) groups excluding carboxylic acids is 1. The number of hydrogen-bond acceptors (Lipinski definition) is 8. The van der Waals surface area contributed by atoms with Gasteiger partial charge < -0.3 is 34.6 Å². The molecule has 3 saturated heterocycles. The van der Waals surface area contributed by atoms with Crippen molar-refractivity contribution in [2.45, 2.75) is 81.3 Å². The molecule has 0 aromatic heterocycles. The predicted octanol–water partition coefficient (Wildman–Crippen LogP) is -0.561. The van der Waals surface area contributed by atoms with Gasteiger partial charge in [0.1, 0.15) is 24.4 Å². The topological polar surface area (TPSA) is 132 Å². The van der Waals surface area contributed by atoms with Crippen molar-refractivity contribution < 1.29 is 39.4 Å². The van der Waals surface area contributed by atoms with Crippen LogP contribution in [-0.4, -0.2) is 79.8 Å². The molecule has 8 heteroatoms. The maximum atomic E-state index is 13.0. The zero-order valence-electron chi connectivity index (χ0n) is 17.4. The third-order valence-electron chi connectivity index (χ3n) is 8.10. The molecular weight excluding hydrogens is 392 g/mol. The molecule has 0 amide bonds. The fraction of sp³-hybridized carbons (Fsp3) is 0.773. The number of hydrogen-bond donors (Lipinski definition) is 4. The first-order valence-corrected chi connectivity index (χ1v) is 10.6.